The van der Waals surface area contributed by atoms with Gasteiger partial charge in [-0.25, -0.2) is 0 Å². The van der Waals surface area contributed by atoms with E-state index in [2.05, 4.69) is 31.7 Å². The molecule has 0 amide bonds. The molecule has 1 heterocycles. The van der Waals surface area contributed by atoms with E-state index in [1.165, 1.54) is 0 Å². The molecule has 1 aromatic rings. The first-order valence-corrected chi connectivity index (χ1v) is 5.30. The van der Waals surface area contributed by atoms with E-state index >= 15 is 0 Å². The minimum Gasteiger partial charge on any atom is -0.357 e. The van der Waals surface area contributed by atoms with Crippen LogP contribution in [-0.2, 0) is 0 Å². The molecule has 1 unspecified atom stereocenters. The predicted molar refractivity (Wildman–Crippen MR) is 62.3 cm³/mol. The highest BCUT2D eigenvalue weighted by Gasteiger charge is 2.07. The number of rotatable bonds is 5. The second-order valence-electron chi connectivity index (χ2n) is 3.12. The number of aromatic nitrogens is 3. The van der Waals surface area contributed by atoms with Gasteiger partial charge in [0.05, 0.1) is 12.0 Å². The fourth-order valence-corrected chi connectivity index (χ4v) is 1.20. The molecular formula is C9H13ClN6. The molecular weight excluding hydrogens is 228 g/mol. The van der Waals surface area contributed by atoms with Crippen molar-refractivity contribution >= 4 is 23.5 Å². The van der Waals surface area contributed by atoms with Crippen LogP contribution in [-0.4, -0.2) is 28.5 Å². The van der Waals surface area contributed by atoms with Crippen molar-refractivity contribution in [1.29, 1.82) is 5.26 Å². The van der Waals surface area contributed by atoms with E-state index in [1.807, 2.05) is 6.92 Å². The summed E-state index contributed by atoms with van der Waals surface area (Å²) >= 11 is 5.70. The van der Waals surface area contributed by atoms with Crippen molar-refractivity contribution in [3.8, 4) is 6.07 Å². The minimum absolute atomic E-state index is 0.0615. The zero-order chi connectivity index (χ0) is 12.0. The number of nitriles is 1. The van der Waals surface area contributed by atoms with Crippen LogP contribution in [0.3, 0.4) is 0 Å². The van der Waals surface area contributed by atoms with E-state index in [4.69, 9.17) is 16.9 Å². The number of hydrogen-bond donors (Lipinski definition) is 2. The van der Waals surface area contributed by atoms with Gasteiger partial charge in [0.2, 0.25) is 17.2 Å². The topological polar surface area (TPSA) is 86.5 Å². The lowest BCUT2D eigenvalue weighted by molar-refractivity contribution is 0.670. The Labute approximate surface area is 99.1 Å². The number of halogens is 1. The Kier molecular flexibility index (Phi) is 4.73. The largest absolute Gasteiger partial charge is 0.357 e. The van der Waals surface area contributed by atoms with E-state index < -0.39 is 0 Å². The number of nitrogens with one attached hydrogen (secondary N) is 2. The van der Waals surface area contributed by atoms with Crippen molar-refractivity contribution in [3.63, 3.8) is 0 Å². The molecule has 1 aromatic heterocycles. The van der Waals surface area contributed by atoms with Crippen LogP contribution < -0.4 is 10.6 Å². The smallest absolute Gasteiger partial charge is 0.228 e. The van der Waals surface area contributed by atoms with Crippen LogP contribution in [0.1, 0.15) is 13.3 Å². The van der Waals surface area contributed by atoms with Crippen molar-refractivity contribution in [2.75, 3.05) is 24.2 Å². The van der Waals surface area contributed by atoms with Crippen molar-refractivity contribution < 1.29 is 0 Å². The summed E-state index contributed by atoms with van der Waals surface area (Å²) in [6.07, 6.45) is 0.779. The monoisotopic (exact) mass is 240 g/mol. The molecule has 6 nitrogen and oxygen atoms in total. The van der Waals surface area contributed by atoms with E-state index in [-0.39, 0.29) is 11.2 Å². The van der Waals surface area contributed by atoms with Crippen molar-refractivity contribution in [2.45, 2.75) is 13.3 Å². The van der Waals surface area contributed by atoms with Gasteiger partial charge >= 0.3 is 0 Å². The highest BCUT2D eigenvalue weighted by atomic mass is 35.5. The van der Waals surface area contributed by atoms with E-state index in [9.17, 15) is 0 Å². The van der Waals surface area contributed by atoms with Gasteiger partial charge in [-0.15, -0.1) is 0 Å². The second-order valence-corrected chi connectivity index (χ2v) is 3.45. The third-order valence-corrected chi connectivity index (χ3v) is 2.18. The third kappa shape index (κ3) is 3.51. The molecule has 7 heteroatoms. The van der Waals surface area contributed by atoms with Gasteiger partial charge in [0, 0.05) is 13.6 Å². The highest BCUT2D eigenvalue weighted by Crippen LogP contribution is 2.10. The third-order valence-electron chi connectivity index (χ3n) is 2.01. The summed E-state index contributed by atoms with van der Waals surface area (Å²) in [4.78, 5) is 11.8. The Morgan fingerprint density at radius 3 is 2.62 bits per heavy atom. The first-order valence-electron chi connectivity index (χ1n) is 4.92. The molecule has 0 aliphatic rings. The van der Waals surface area contributed by atoms with Crippen LogP contribution in [0.15, 0.2) is 0 Å². The lowest BCUT2D eigenvalue weighted by Gasteiger charge is -2.08. The SMILES string of the molecule is CCC(C#N)CNc1nc(Cl)nc(NC)n1. The highest BCUT2D eigenvalue weighted by molar-refractivity contribution is 6.28. The molecule has 0 aliphatic heterocycles. The van der Waals surface area contributed by atoms with E-state index in [1.54, 1.807) is 7.05 Å². The molecule has 0 radical (unpaired) electrons. The Bertz CT molecular complexity index is 388. The Hall–Kier alpha value is -1.61. The van der Waals surface area contributed by atoms with Crippen LogP contribution >= 0.6 is 11.6 Å². The van der Waals surface area contributed by atoms with Gasteiger partial charge < -0.3 is 10.6 Å². The Morgan fingerprint density at radius 2 is 2.06 bits per heavy atom. The second kappa shape index (κ2) is 6.08. The lowest BCUT2D eigenvalue weighted by Crippen LogP contribution is -2.14. The Morgan fingerprint density at radius 1 is 1.38 bits per heavy atom. The maximum absolute atomic E-state index is 8.78. The van der Waals surface area contributed by atoms with Gasteiger partial charge in [-0.1, -0.05) is 6.92 Å². The fraction of sp³-hybridized carbons (Fsp3) is 0.556. The quantitative estimate of drug-likeness (QED) is 0.812. The molecule has 0 saturated carbocycles. The molecule has 2 N–H and O–H groups in total. The maximum atomic E-state index is 8.78. The average Bonchev–Trinajstić information content (AvgIpc) is 2.29. The molecule has 86 valence electrons. The summed E-state index contributed by atoms with van der Waals surface area (Å²) < 4.78 is 0. The fourth-order valence-electron chi connectivity index (χ4n) is 1.04. The standard InChI is InChI=1S/C9H13ClN6/c1-3-6(4-11)5-13-9-15-7(10)14-8(12-2)16-9/h6H,3,5H2,1-2H3,(H2,12,13,14,15,16). The van der Waals surface area contributed by atoms with Crippen LogP contribution in [0.4, 0.5) is 11.9 Å². The van der Waals surface area contributed by atoms with Gasteiger partial charge in [-0.3, -0.25) is 0 Å². The summed E-state index contributed by atoms with van der Waals surface area (Å²) in [6, 6.07) is 2.18. The van der Waals surface area contributed by atoms with Gasteiger partial charge in [-0.05, 0) is 18.0 Å². The molecule has 1 atom stereocenters. The summed E-state index contributed by atoms with van der Waals surface area (Å²) in [5.41, 5.74) is 0. The van der Waals surface area contributed by atoms with Gasteiger partial charge in [0.15, 0.2) is 0 Å². The van der Waals surface area contributed by atoms with Gasteiger partial charge in [0.25, 0.3) is 0 Å². The lowest BCUT2D eigenvalue weighted by atomic mass is 10.1. The number of anilines is 2. The number of nitrogens with zero attached hydrogens (tertiary/aromatic N) is 4. The average molecular weight is 241 g/mol. The van der Waals surface area contributed by atoms with Gasteiger partial charge in [-0.2, -0.15) is 20.2 Å². The number of hydrogen-bond acceptors (Lipinski definition) is 6. The molecule has 0 aromatic carbocycles. The Balaban J connectivity index is 2.67. The van der Waals surface area contributed by atoms with Crippen molar-refractivity contribution in [2.24, 2.45) is 5.92 Å². The summed E-state index contributed by atoms with van der Waals surface area (Å²) in [7, 11) is 1.69. The van der Waals surface area contributed by atoms with Crippen LogP contribution in [0, 0.1) is 17.2 Å². The summed E-state index contributed by atoms with van der Waals surface area (Å²) in [5, 5.41) is 14.6. The molecule has 0 spiro atoms. The first-order chi connectivity index (χ1) is 7.69. The van der Waals surface area contributed by atoms with E-state index in [0.717, 1.165) is 6.42 Å². The van der Waals surface area contributed by atoms with E-state index in [0.29, 0.717) is 18.4 Å². The predicted octanol–water partition coefficient (Wildman–Crippen LogP) is 1.53. The first kappa shape index (κ1) is 12.5. The molecule has 1 rings (SSSR count). The maximum Gasteiger partial charge on any atom is 0.228 e. The minimum atomic E-state index is -0.0615. The zero-order valence-electron chi connectivity index (χ0n) is 9.16. The van der Waals surface area contributed by atoms with Crippen molar-refractivity contribution in [3.05, 3.63) is 5.28 Å². The van der Waals surface area contributed by atoms with Gasteiger partial charge in [0.1, 0.15) is 0 Å². The normalized spacial score (nSPS) is 11.6. The molecule has 0 saturated heterocycles. The molecule has 0 fully saturated rings. The van der Waals surface area contributed by atoms with Crippen LogP contribution in [0.25, 0.3) is 0 Å². The molecule has 0 bridgehead atoms. The van der Waals surface area contributed by atoms with Crippen molar-refractivity contribution in [1.82, 2.24) is 15.0 Å². The van der Waals surface area contributed by atoms with Crippen LogP contribution in [0.2, 0.25) is 5.28 Å². The summed E-state index contributed by atoms with van der Waals surface area (Å²) in [5.74, 6) is 0.708. The zero-order valence-corrected chi connectivity index (χ0v) is 9.91. The molecule has 0 aliphatic carbocycles. The summed E-state index contributed by atoms with van der Waals surface area (Å²) in [6.45, 7) is 2.45. The van der Waals surface area contributed by atoms with Crippen LogP contribution in [0.5, 0.6) is 0 Å². The molecule has 16 heavy (non-hydrogen) atoms.